The number of halogens is 1. The zero-order valence-electron chi connectivity index (χ0n) is 12.5. The summed E-state index contributed by atoms with van der Waals surface area (Å²) in [5, 5.41) is 4.88. The van der Waals surface area contributed by atoms with Crippen molar-refractivity contribution < 1.29 is 4.52 Å². The van der Waals surface area contributed by atoms with Crippen LogP contribution in [0, 0.1) is 19.8 Å². The summed E-state index contributed by atoms with van der Waals surface area (Å²) in [6.45, 7) is 4.02. The molecule has 0 amide bonds. The number of hydrogen-bond acceptors (Lipinski definition) is 2. The second-order valence-electron chi connectivity index (χ2n) is 5.87. The zero-order chi connectivity index (χ0) is 14.8. The van der Waals surface area contributed by atoms with Gasteiger partial charge in [-0.1, -0.05) is 35.0 Å². The van der Waals surface area contributed by atoms with E-state index in [1.54, 1.807) is 0 Å². The van der Waals surface area contributed by atoms with E-state index >= 15 is 0 Å². The van der Waals surface area contributed by atoms with Gasteiger partial charge in [-0.3, -0.25) is 0 Å². The standard InChI is InChI=1S/C18H20ClNO/c1-12-18(13(2)21-20-12)16-5-3-4-15(11-16)10-14-6-8-17(19)9-7-14/h6-9,11,15H,3-5,10H2,1-2H3. The molecular weight excluding hydrogens is 282 g/mol. The Hall–Kier alpha value is -1.54. The molecule has 0 saturated heterocycles. The van der Waals surface area contributed by atoms with E-state index in [0.717, 1.165) is 29.3 Å². The van der Waals surface area contributed by atoms with Gasteiger partial charge >= 0.3 is 0 Å². The maximum Gasteiger partial charge on any atom is 0.141 e. The number of benzene rings is 1. The molecule has 0 fully saturated rings. The van der Waals surface area contributed by atoms with E-state index in [-0.39, 0.29) is 0 Å². The molecule has 0 spiro atoms. The highest BCUT2D eigenvalue weighted by atomic mass is 35.5. The minimum Gasteiger partial charge on any atom is -0.361 e. The fourth-order valence-electron chi connectivity index (χ4n) is 3.24. The number of allylic oxidation sites excluding steroid dienone is 2. The largest absolute Gasteiger partial charge is 0.361 e. The van der Waals surface area contributed by atoms with Gasteiger partial charge in [0.05, 0.1) is 5.69 Å². The van der Waals surface area contributed by atoms with Gasteiger partial charge in [0.15, 0.2) is 0 Å². The predicted octanol–water partition coefficient (Wildman–Crippen LogP) is 5.37. The van der Waals surface area contributed by atoms with Crippen molar-refractivity contribution in [3.05, 3.63) is 57.9 Å². The second kappa shape index (κ2) is 6.07. The number of rotatable bonds is 3. The first-order valence-electron chi connectivity index (χ1n) is 7.52. The quantitative estimate of drug-likeness (QED) is 0.761. The minimum absolute atomic E-state index is 0.587. The number of aryl methyl sites for hydroxylation is 2. The molecule has 110 valence electrons. The van der Waals surface area contributed by atoms with Crippen LogP contribution in [-0.2, 0) is 6.42 Å². The summed E-state index contributed by atoms with van der Waals surface area (Å²) in [4.78, 5) is 0. The van der Waals surface area contributed by atoms with Crippen molar-refractivity contribution in [2.45, 2.75) is 39.5 Å². The SMILES string of the molecule is Cc1noc(C)c1C1=CC(Cc2ccc(Cl)cc2)CCC1. The summed E-state index contributed by atoms with van der Waals surface area (Å²) < 4.78 is 5.31. The van der Waals surface area contributed by atoms with E-state index in [1.165, 1.54) is 29.5 Å². The highest BCUT2D eigenvalue weighted by Crippen LogP contribution is 2.34. The normalized spacial score (nSPS) is 18.6. The lowest BCUT2D eigenvalue weighted by atomic mass is 9.83. The summed E-state index contributed by atoms with van der Waals surface area (Å²) in [6, 6.07) is 8.19. The molecular formula is C18H20ClNO. The fraction of sp³-hybridized carbons (Fsp3) is 0.389. The molecule has 1 aliphatic carbocycles. The summed E-state index contributed by atoms with van der Waals surface area (Å²) in [5.74, 6) is 1.52. The summed E-state index contributed by atoms with van der Waals surface area (Å²) >= 11 is 5.95. The molecule has 1 aliphatic rings. The summed E-state index contributed by atoms with van der Waals surface area (Å²) in [5.41, 5.74) is 4.97. The highest BCUT2D eigenvalue weighted by Gasteiger charge is 2.20. The lowest BCUT2D eigenvalue weighted by Gasteiger charge is -2.21. The monoisotopic (exact) mass is 301 g/mol. The minimum atomic E-state index is 0.587. The van der Waals surface area contributed by atoms with Crippen LogP contribution in [0.15, 0.2) is 34.9 Å². The third kappa shape index (κ3) is 3.21. The van der Waals surface area contributed by atoms with Crippen LogP contribution in [0.4, 0.5) is 0 Å². The van der Waals surface area contributed by atoms with Crippen molar-refractivity contribution in [3.8, 4) is 0 Å². The van der Waals surface area contributed by atoms with Gasteiger partial charge in [-0.2, -0.15) is 0 Å². The van der Waals surface area contributed by atoms with Crippen LogP contribution in [0.25, 0.3) is 5.57 Å². The van der Waals surface area contributed by atoms with Gasteiger partial charge in [0.2, 0.25) is 0 Å². The molecule has 1 heterocycles. The Balaban J connectivity index is 1.81. The van der Waals surface area contributed by atoms with Crippen molar-refractivity contribution in [3.63, 3.8) is 0 Å². The van der Waals surface area contributed by atoms with Gasteiger partial charge < -0.3 is 4.52 Å². The van der Waals surface area contributed by atoms with E-state index in [0.29, 0.717) is 5.92 Å². The third-order valence-corrected chi connectivity index (χ3v) is 4.48. The van der Waals surface area contributed by atoms with Crippen LogP contribution in [0.3, 0.4) is 0 Å². The Labute approximate surface area is 130 Å². The van der Waals surface area contributed by atoms with Crippen molar-refractivity contribution in [2.75, 3.05) is 0 Å². The molecule has 0 aliphatic heterocycles. The molecule has 0 N–H and O–H groups in total. The van der Waals surface area contributed by atoms with Crippen molar-refractivity contribution >= 4 is 17.2 Å². The molecule has 0 bridgehead atoms. The van der Waals surface area contributed by atoms with Gasteiger partial charge in [0.1, 0.15) is 5.76 Å². The van der Waals surface area contributed by atoms with Gasteiger partial charge in [0.25, 0.3) is 0 Å². The Morgan fingerprint density at radius 2 is 2.00 bits per heavy atom. The molecule has 21 heavy (non-hydrogen) atoms. The lowest BCUT2D eigenvalue weighted by molar-refractivity contribution is 0.393. The third-order valence-electron chi connectivity index (χ3n) is 4.22. The maximum atomic E-state index is 5.95. The fourth-order valence-corrected chi connectivity index (χ4v) is 3.37. The van der Waals surface area contributed by atoms with Crippen LogP contribution in [0.2, 0.25) is 5.02 Å². The highest BCUT2D eigenvalue weighted by molar-refractivity contribution is 6.30. The molecule has 1 aromatic carbocycles. The molecule has 3 rings (SSSR count). The van der Waals surface area contributed by atoms with E-state index in [1.807, 2.05) is 26.0 Å². The van der Waals surface area contributed by atoms with Crippen molar-refractivity contribution in [1.29, 1.82) is 0 Å². The molecule has 3 heteroatoms. The van der Waals surface area contributed by atoms with Crippen LogP contribution in [0.5, 0.6) is 0 Å². The maximum absolute atomic E-state index is 5.95. The Bertz CT molecular complexity index is 635. The summed E-state index contributed by atoms with van der Waals surface area (Å²) in [6.07, 6.45) is 7.10. The van der Waals surface area contributed by atoms with E-state index in [4.69, 9.17) is 16.1 Å². The van der Waals surface area contributed by atoms with Crippen molar-refractivity contribution in [2.24, 2.45) is 5.92 Å². The zero-order valence-corrected chi connectivity index (χ0v) is 13.3. The van der Waals surface area contributed by atoms with Gasteiger partial charge in [-0.25, -0.2) is 0 Å². The van der Waals surface area contributed by atoms with Crippen LogP contribution >= 0.6 is 11.6 Å². The Kier molecular flexibility index (Phi) is 4.16. The van der Waals surface area contributed by atoms with Crippen LogP contribution in [-0.4, -0.2) is 5.16 Å². The van der Waals surface area contributed by atoms with E-state index in [2.05, 4.69) is 23.4 Å². The van der Waals surface area contributed by atoms with Gasteiger partial charge in [0, 0.05) is 10.6 Å². The predicted molar refractivity (Wildman–Crippen MR) is 86.5 cm³/mol. The first-order valence-corrected chi connectivity index (χ1v) is 7.89. The second-order valence-corrected chi connectivity index (χ2v) is 6.31. The first-order chi connectivity index (χ1) is 10.1. The van der Waals surface area contributed by atoms with Crippen LogP contribution < -0.4 is 0 Å². The molecule has 1 aromatic heterocycles. The molecule has 0 radical (unpaired) electrons. The molecule has 1 unspecified atom stereocenters. The number of aromatic nitrogens is 1. The Morgan fingerprint density at radius 1 is 1.24 bits per heavy atom. The topological polar surface area (TPSA) is 26.0 Å². The van der Waals surface area contributed by atoms with Gasteiger partial charge in [-0.15, -0.1) is 0 Å². The lowest BCUT2D eigenvalue weighted by Crippen LogP contribution is -2.08. The number of nitrogens with zero attached hydrogens (tertiary/aromatic N) is 1. The molecule has 0 saturated carbocycles. The molecule has 2 nitrogen and oxygen atoms in total. The first kappa shape index (κ1) is 14.4. The average Bonchev–Trinajstić information content (AvgIpc) is 2.81. The average molecular weight is 302 g/mol. The van der Waals surface area contributed by atoms with E-state index < -0.39 is 0 Å². The van der Waals surface area contributed by atoms with Crippen LogP contribution in [0.1, 0.15) is 41.8 Å². The Morgan fingerprint density at radius 3 is 2.67 bits per heavy atom. The molecule has 1 atom stereocenters. The van der Waals surface area contributed by atoms with E-state index in [9.17, 15) is 0 Å². The van der Waals surface area contributed by atoms with Gasteiger partial charge in [-0.05, 0) is 68.7 Å². The summed E-state index contributed by atoms with van der Waals surface area (Å²) in [7, 11) is 0. The molecule has 2 aromatic rings. The number of hydrogen-bond donors (Lipinski definition) is 0. The smallest absolute Gasteiger partial charge is 0.141 e. The van der Waals surface area contributed by atoms with Crippen molar-refractivity contribution in [1.82, 2.24) is 5.16 Å².